The first-order valence-corrected chi connectivity index (χ1v) is 9.10. The summed E-state index contributed by atoms with van der Waals surface area (Å²) in [7, 11) is 1.57. The third-order valence-corrected chi connectivity index (χ3v) is 4.61. The van der Waals surface area contributed by atoms with Crippen LogP contribution in [0.1, 0.15) is 35.5 Å². The molecule has 1 heterocycles. The van der Waals surface area contributed by atoms with Gasteiger partial charge in [0.25, 0.3) is 5.91 Å². The van der Waals surface area contributed by atoms with Gasteiger partial charge in [-0.15, -0.1) is 0 Å². The number of carbonyl (C=O) groups excluding carboxylic acids is 2. The van der Waals surface area contributed by atoms with E-state index in [-0.39, 0.29) is 5.76 Å². The van der Waals surface area contributed by atoms with Crippen LogP contribution in [0.2, 0.25) is 0 Å². The van der Waals surface area contributed by atoms with Crippen molar-refractivity contribution in [2.75, 3.05) is 12.4 Å². The number of fused-ring (bicyclic) bond motifs is 1. The van der Waals surface area contributed by atoms with E-state index < -0.39 is 18.0 Å². The Morgan fingerprint density at radius 3 is 2.50 bits per heavy atom. The molecule has 1 N–H and O–H groups in total. The van der Waals surface area contributed by atoms with Gasteiger partial charge < -0.3 is 19.2 Å². The first kappa shape index (κ1) is 19.5. The van der Waals surface area contributed by atoms with Crippen LogP contribution in [0, 0.1) is 6.92 Å². The van der Waals surface area contributed by atoms with Gasteiger partial charge in [0.1, 0.15) is 11.3 Å². The van der Waals surface area contributed by atoms with Gasteiger partial charge in [0.05, 0.1) is 7.11 Å². The highest BCUT2D eigenvalue weighted by Gasteiger charge is 2.24. The molecular formula is C22H23NO5. The van der Waals surface area contributed by atoms with Crippen molar-refractivity contribution in [2.24, 2.45) is 0 Å². The summed E-state index contributed by atoms with van der Waals surface area (Å²) < 4.78 is 16.1. The molecule has 146 valence electrons. The summed E-state index contributed by atoms with van der Waals surface area (Å²) in [6.45, 7) is 5.35. The zero-order valence-corrected chi connectivity index (χ0v) is 16.4. The lowest BCUT2D eigenvalue weighted by Crippen LogP contribution is -2.30. The first-order chi connectivity index (χ1) is 13.4. The lowest BCUT2D eigenvalue weighted by atomic mass is 10.1. The van der Waals surface area contributed by atoms with Crippen LogP contribution >= 0.6 is 0 Å². The topological polar surface area (TPSA) is 77.8 Å². The van der Waals surface area contributed by atoms with Gasteiger partial charge in [-0.05, 0) is 56.2 Å². The summed E-state index contributed by atoms with van der Waals surface area (Å²) in [5.74, 6) is -0.349. The molecule has 0 saturated carbocycles. The number of aryl methyl sites for hydroxylation is 2. The van der Waals surface area contributed by atoms with Gasteiger partial charge in [-0.1, -0.05) is 19.1 Å². The number of benzene rings is 2. The number of esters is 1. The minimum absolute atomic E-state index is 0.0789. The third kappa shape index (κ3) is 4.01. The predicted molar refractivity (Wildman–Crippen MR) is 107 cm³/mol. The number of hydrogen-bond acceptors (Lipinski definition) is 5. The molecule has 0 spiro atoms. The Kier molecular flexibility index (Phi) is 5.68. The number of rotatable bonds is 6. The standard InChI is InChI=1S/C22H23NO5/c1-5-15-6-8-16(9-7-15)23-21(24)14(3)27-22(25)20-13(2)18-12-17(26-4)10-11-19(18)28-20/h6-12,14H,5H2,1-4H3,(H,23,24)/t14-/m1/s1. The summed E-state index contributed by atoms with van der Waals surface area (Å²) in [4.78, 5) is 24.9. The molecule has 0 saturated heterocycles. The van der Waals surface area contributed by atoms with E-state index in [9.17, 15) is 9.59 Å². The Bertz CT molecular complexity index is 1000. The molecule has 1 atom stereocenters. The van der Waals surface area contributed by atoms with Gasteiger partial charge in [-0.25, -0.2) is 4.79 Å². The summed E-state index contributed by atoms with van der Waals surface area (Å²) in [5.41, 5.74) is 3.02. The zero-order valence-electron chi connectivity index (χ0n) is 16.4. The average molecular weight is 381 g/mol. The second-order valence-electron chi connectivity index (χ2n) is 6.51. The number of furan rings is 1. The molecule has 0 bridgehead atoms. The number of methoxy groups -OCH3 is 1. The van der Waals surface area contributed by atoms with E-state index in [1.165, 1.54) is 12.5 Å². The highest BCUT2D eigenvalue weighted by Crippen LogP contribution is 2.29. The number of nitrogens with one attached hydrogen (secondary N) is 1. The van der Waals surface area contributed by atoms with Crippen molar-refractivity contribution in [1.82, 2.24) is 0 Å². The lowest BCUT2D eigenvalue weighted by Gasteiger charge is -2.13. The van der Waals surface area contributed by atoms with Gasteiger partial charge in [0, 0.05) is 16.6 Å². The molecule has 0 fully saturated rings. The number of hydrogen-bond donors (Lipinski definition) is 1. The molecule has 0 radical (unpaired) electrons. The maximum absolute atomic E-state index is 12.5. The average Bonchev–Trinajstić information content (AvgIpc) is 3.04. The Morgan fingerprint density at radius 1 is 1.14 bits per heavy atom. The predicted octanol–water partition coefficient (Wildman–Crippen LogP) is 4.50. The van der Waals surface area contributed by atoms with Crippen LogP contribution in [0.15, 0.2) is 46.9 Å². The number of ether oxygens (including phenoxy) is 2. The van der Waals surface area contributed by atoms with E-state index in [0.29, 0.717) is 22.6 Å². The van der Waals surface area contributed by atoms with Crippen LogP contribution in [-0.2, 0) is 16.0 Å². The van der Waals surface area contributed by atoms with Crippen LogP contribution < -0.4 is 10.1 Å². The third-order valence-electron chi connectivity index (χ3n) is 4.61. The fourth-order valence-corrected chi connectivity index (χ4v) is 2.86. The molecule has 3 rings (SSSR count). The van der Waals surface area contributed by atoms with Crippen molar-refractivity contribution >= 4 is 28.5 Å². The highest BCUT2D eigenvalue weighted by atomic mass is 16.6. The molecular weight excluding hydrogens is 358 g/mol. The van der Waals surface area contributed by atoms with Crippen molar-refractivity contribution in [2.45, 2.75) is 33.3 Å². The van der Waals surface area contributed by atoms with Crippen LogP contribution in [0.3, 0.4) is 0 Å². The van der Waals surface area contributed by atoms with E-state index in [2.05, 4.69) is 12.2 Å². The Hall–Kier alpha value is -3.28. The van der Waals surface area contributed by atoms with Crippen molar-refractivity contribution in [3.05, 3.63) is 59.4 Å². The fraction of sp³-hybridized carbons (Fsp3) is 0.273. The highest BCUT2D eigenvalue weighted by molar-refractivity contribution is 5.99. The van der Waals surface area contributed by atoms with Crippen molar-refractivity contribution in [1.29, 1.82) is 0 Å². The molecule has 6 heteroatoms. The van der Waals surface area contributed by atoms with Gasteiger partial charge >= 0.3 is 5.97 Å². The maximum atomic E-state index is 12.5. The Balaban J connectivity index is 1.70. The summed E-state index contributed by atoms with van der Waals surface area (Å²) >= 11 is 0. The summed E-state index contributed by atoms with van der Waals surface area (Å²) in [6.07, 6.45) is -0.0502. The molecule has 0 unspecified atom stereocenters. The SMILES string of the molecule is CCc1ccc(NC(=O)[C@@H](C)OC(=O)c2oc3ccc(OC)cc3c2C)cc1. The Labute approximate surface area is 163 Å². The summed E-state index contributed by atoms with van der Waals surface area (Å²) in [5, 5.41) is 3.51. The molecule has 1 amide bonds. The van der Waals surface area contributed by atoms with E-state index in [4.69, 9.17) is 13.9 Å². The van der Waals surface area contributed by atoms with Crippen LogP contribution in [0.25, 0.3) is 11.0 Å². The molecule has 2 aromatic carbocycles. The van der Waals surface area contributed by atoms with Crippen LogP contribution in [-0.4, -0.2) is 25.1 Å². The van der Waals surface area contributed by atoms with Gasteiger partial charge in [-0.3, -0.25) is 4.79 Å². The summed E-state index contributed by atoms with van der Waals surface area (Å²) in [6, 6.07) is 12.8. The molecule has 1 aromatic heterocycles. The molecule has 0 aliphatic rings. The van der Waals surface area contributed by atoms with Crippen molar-refractivity contribution in [3.63, 3.8) is 0 Å². The number of anilines is 1. The van der Waals surface area contributed by atoms with Gasteiger partial charge in [0.2, 0.25) is 5.76 Å². The van der Waals surface area contributed by atoms with Gasteiger partial charge in [0.15, 0.2) is 6.10 Å². The van der Waals surface area contributed by atoms with E-state index in [0.717, 1.165) is 11.8 Å². The molecule has 0 aliphatic carbocycles. The molecule has 3 aromatic rings. The lowest BCUT2D eigenvalue weighted by molar-refractivity contribution is -0.123. The smallest absolute Gasteiger partial charge is 0.375 e. The normalized spacial score (nSPS) is 11.9. The minimum Gasteiger partial charge on any atom is -0.497 e. The first-order valence-electron chi connectivity index (χ1n) is 9.10. The maximum Gasteiger partial charge on any atom is 0.375 e. The van der Waals surface area contributed by atoms with Crippen molar-refractivity contribution in [3.8, 4) is 5.75 Å². The van der Waals surface area contributed by atoms with E-state index in [1.807, 2.05) is 24.3 Å². The largest absolute Gasteiger partial charge is 0.497 e. The van der Waals surface area contributed by atoms with E-state index >= 15 is 0 Å². The molecule has 0 aliphatic heterocycles. The van der Waals surface area contributed by atoms with E-state index in [1.54, 1.807) is 32.2 Å². The molecule has 6 nitrogen and oxygen atoms in total. The number of amides is 1. The number of carbonyl (C=O) groups is 2. The monoisotopic (exact) mass is 381 g/mol. The Morgan fingerprint density at radius 2 is 1.86 bits per heavy atom. The minimum atomic E-state index is -0.972. The van der Waals surface area contributed by atoms with Crippen molar-refractivity contribution < 1.29 is 23.5 Å². The fourth-order valence-electron chi connectivity index (χ4n) is 2.86. The zero-order chi connectivity index (χ0) is 20.3. The second-order valence-corrected chi connectivity index (χ2v) is 6.51. The van der Waals surface area contributed by atoms with Crippen LogP contribution in [0.5, 0.6) is 5.75 Å². The van der Waals surface area contributed by atoms with Crippen LogP contribution in [0.4, 0.5) is 5.69 Å². The van der Waals surface area contributed by atoms with Gasteiger partial charge in [-0.2, -0.15) is 0 Å². The quantitative estimate of drug-likeness (QED) is 0.636. The molecule has 28 heavy (non-hydrogen) atoms. The second kappa shape index (κ2) is 8.17.